The normalized spacial score (nSPS) is 10.5. The molecule has 0 aliphatic rings. The highest BCUT2D eigenvalue weighted by molar-refractivity contribution is 7.15. The molecular weight excluding hydrogens is 332 g/mol. The minimum Gasteiger partial charge on any atom is -0.351 e. The Morgan fingerprint density at radius 1 is 1.26 bits per heavy atom. The van der Waals surface area contributed by atoms with Gasteiger partial charge in [-0.15, -0.1) is 21.5 Å². The average molecular weight is 352 g/mol. The highest BCUT2D eigenvalue weighted by Crippen LogP contribution is 2.17. The van der Waals surface area contributed by atoms with Crippen LogP contribution < -0.4 is 10.6 Å². The topological polar surface area (TPSA) is 84.0 Å². The van der Waals surface area contributed by atoms with E-state index in [1.54, 1.807) is 6.07 Å². The van der Waals surface area contributed by atoms with Crippen molar-refractivity contribution in [1.82, 2.24) is 15.5 Å². The highest BCUT2D eigenvalue weighted by Gasteiger charge is 2.09. The van der Waals surface area contributed by atoms with E-state index in [4.69, 9.17) is 0 Å². The molecule has 0 fully saturated rings. The molecule has 23 heavy (non-hydrogen) atoms. The maximum absolute atomic E-state index is 11.8. The molecule has 2 aromatic rings. The molecule has 0 radical (unpaired) electrons. The van der Waals surface area contributed by atoms with Gasteiger partial charge in [0.1, 0.15) is 5.01 Å². The molecule has 124 valence electrons. The van der Waals surface area contributed by atoms with Crippen molar-refractivity contribution < 1.29 is 9.59 Å². The van der Waals surface area contributed by atoms with Gasteiger partial charge in [-0.1, -0.05) is 30.7 Å². The zero-order chi connectivity index (χ0) is 16.5. The Hall–Kier alpha value is -1.80. The van der Waals surface area contributed by atoms with Crippen LogP contribution in [-0.2, 0) is 11.2 Å². The number of rotatable bonds is 9. The fourth-order valence-electron chi connectivity index (χ4n) is 1.86. The summed E-state index contributed by atoms with van der Waals surface area (Å²) in [5.74, 6) is -0.196. The number of amides is 2. The van der Waals surface area contributed by atoms with E-state index in [1.165, 1.54) is 22.7 Å². The Morgan fingerprint density at radius 2 is 2.13 bits per heavy atom. The van der Waals surface area contributed by atoms with Crippen LogP contribution in [0.25, 0.3) is 0 Å². The first kappa shape index (κ1) is 17.6. The van der Waals surface area contributed by atoms with Crippen LogP contribution in [0.5, 0.6) is 0 Å². The smallest absolute Gasteiger partial charge is 0.261 e. The molecule has 0 spiro atoms. The van der Waals surface area contributed by atoms with Crippen molar-refractivity contribution in [2.75, 3.05) is 11.9 Å². The number of nitrogens with one attached hydrogen (secondary N) is 2. The van der Waals surface area contributed by atoms with Gasteiger partial charge in [0.15, 0.2) is 0 Å². The van der Waals surface area contributed by atoms with Crippen LogP contribution in [0.15, 0.2) is 17.5 Å². The van der Waals surface area contributed by atoms with Crippen molar-refractivity contribution in [2.24, 2.45) is 0 Å². The lowest BCUT2D eigenvalue weighted by Gasteiger charge is -2.03. The number of hydrogen-bond acceptors (Lipinski definition) is 6. The molecule has 0 atom stereocenters. The molecule has 0 bridgehead atoms. The van der Waals surface area contributed by atoms with Gasteiger partial charge >= 0.3 is 0 Å². The summed E-state index contributed by atoms with van der Waals surface area (Å²) in [4.78, 5) is 24.2. The van der Waals surface area contributed by atoms with Gasteiger partial charge in [-0.2, -0.15) is 0 Å². The van der Waals surface area contributed by atoms with Crippen molar-refractivity contribution in [1.29, 1.82) is 0 Å². The molecule has 0 aliphatic heterocycles. The number of carbonyl (C=O) groups excluding carboxylic acids is 2. The third-order valence-corrected chi connectivity index (χ3v) is 4.84. The van der Waals surface area contributed by atoms with Crippen LogP contribution in [0.3, 0.4) is 0 Å². The van der Waals surface area contributed by atoms with Crippen LogP contribution in [0.1, 0.15) is 47.3 Å². The number of thiophene rings is 1. The zero-order valence-corrected chi connectivity index (χ0v) is 14.6. The van der Waals surface area contributed by atoms with Crippen LogP contribution in [-0.4, -0.2) is 28.6 Å². The van der Waals surface area contributed by atoms with Crippen LogP contribution in [0.4, 0.5) is 5.13 Å². The fraction of sp³-hybridized carbons (Fsp3) is 0.467. The summed E-state index contributed by atoms with van der Waals surface area (Å²) in [7, 11) is 0. The molecule has 2 N–H and O–H groups in total. The van der Waals surface area contributed by atoms with Crippen LogP contribution >= 0.6 is 22.7 Å². The van der Waals surface area contributed by atoms with Gasteiger partial charge in [-0.3, -0.25) is 9.59 Å². The summed E-state index contributed by atoms with van der Waals surface area (Å²) in [6.07, 6.45) is 4.02. The quantitative estimate of drug-likeness (QED) is 0.679. The first-order valence-corrected chi connectivity index (χ1v) is 9.32. The summed E-state index contributed by atoms with van der Waals surface area (Å²) in [6, 6.07) is 3.61. The minimum absolute atomic E-state index is 0.0925. The lowest BCUT2D eigenvalue weighted by Crippen LogP contribution is -2.24. The van der Waals surface area contributed by atoms with Gasteiger partial charge in [0.05, 0.1) is 4.88 Å². The molecular formula is C15H20N4O2S2. The number of unbranched alkanes of at least 4 members (excludes halogenated alkanes) is 1. The predicted molar refractivity (Wildman–Crippen MR) is 93.0 cm³/mol. The molecule has 2 heterocycles. The summed E-state index contributed by atoms with van der Waals surface area (Å²) < 4.78 is 0. The van der Waals surface area contributed by atoms with E-state index < -0.39 is 0 Å². The molecule has 8 heteroatoms. The van der Waals surface area contributed by atoms with Crippen LogP contribution in [0.2, 0.25) is 0 Å². The molecule has 2 amide bonds. The second-order valence-corrected chi connectivity index (χ2v) is 7.00. The van der Waals surface area contributed by atoms with E-state index in [-0.39, 0.29) is 11.8 Å². The molecule has 0 aliphatic carbocycles. The molecule has 0 saturated carbocycles. The van der Waals surface area contributed by atoms with E-state index in [2.05, 4.69) is 27.8 Å². The van der Waals surface area contributed by atoms with Gasteiger partial charge in [0, 0.05) is 19.4 Å². The Bertz CT molecular complexity index is 625. The molecule has 2 aromatic heterocycles. The van der Waals surface area contributed by atoms with E-state index in [0.29, 0.717) is 29.4 Å². The first-order chi connectivity index (χ1) is 11.2. The average Bonchev–Trinajstić information content (AvgIpc) is 3.21. The lowest BCUT2D eigenvalue weighted by molar-refractivity contribution is -0.116. The third-order valence-electron chi connectivity index (χ3n) is 3.07. The molecule has 6 nitrogen and oxygen atoms in total. The third kappa shape index (κ3) is 6.07. The Labute approximate surface area is 143 Å². The van der Waals surface area contributed by atoms with Gasteiger partial charge in [0.25, 0.3) is 5.91 Å². The zero-order valence-electron chi connectivity index (χ0n) is 13.0. The number of aromatic nitrogens is 2. The van der Waals surface area contributed by atoms with Crippen LogP contribution in [0, 0.1) is 0 Å². The monoisotopic (exact) mass is 352 g/mol. The Morgan fingerprint density at radius 3 is 2.87 bits per heavy atom. The van der Waals surface area contributed by atoms with Crippen molar-refractivity contribution in [3.8, 4) is 0 Å². The number of carbonyl (C=O) groups is 2. The lowest BCUT2D eigenvalue weighted by atomic mass is 10.3. The van der Waals surface area contributed by atoms with Gasteiger partial charge in [-0.25, -0.2) is 0 Å². The van der Waals surface area contributed by atoms with Gasteiger partial charge < -0.3 is 10.6 Å². The SMILES string of the molecule is CCCCc1nnc(NC(=O)CCCNC(=O)c2cccs2)s1. The van der Waals surface area contributed by atoms with E-state index in [1.807, 2.05) is 11.4 Å². The number of anilines is 1. The second-order valence-electron chi connectivity index (χ2n) is 4.99. The van der Waals surface area contributed by atoms with Crippen molar-refractivity contribution >= 4 is 39.6 Å². The van der Waals surface area contributed by atoms with Gasteiger partial charge in [-0.05, 0) is 24.3 Å². The predicted octanol–water partition coefficient (Wildman–Crippen LogP) is 3.09. The molecule has 0 aromatic carbocycles. The summed E-state index contributed by atoms with van der Waals surface area (Å²) in [5.41, 5.74) is 0. The molecule has 2 rings (SSSR count). The van der Waals surface area contributed by atoms with E-state index >= 15 is 0 Å². The summed E-state index contributed by atoms with van der Waals surface area (Å²) in [5, 5.41) is 16.9. The minimum atomic E-state index is -0.103. The molecule has 0 saturated heterocycles. The maximum atomic E-state index is 11.8. The van der Waals surface area contributed by atoms with Crippen molar-refractivity contribution in [3.05, 3.63) is 27.4 Å². The fourth-order valence-corrected chi connectivity index (χ4v) is 3.30. The second kappa shape index (κ2) is 9.36. The first-order valence-electron chi connectivity index (χ1n) is 7.63. The summed E-state index contributed by atoms with van der Waals surface area (Å²) in [6.45, 7) is 2.60. The summed E-state index contributed by atoms with van der Waals surface area (Å²) >= 11 is 2.82. The largest absolute Gasteiger partial charge is 0.351 e. The maximum Gasteiger partial charge on any atom is 0.261 e. The Kier molecular flexibility index (Phi) is 7.15. The highest BCUT2D eigenvalue weighted by atomic mass is 32.1. The number of aryl methyl sites for hydroxylation is 1. The Balaban J connectivity index is 1.63. The number of hydrogen-bond donors (Lipinski definition) is 2. The van der Waals surface area contributed by atoms with E-state index in [0.717, 1.165) is 24.3 Å². The van der Waals surface area contributed by atoms with E-state index in [9.17, 15) is 9.59 Å². The van der Waals surface area contributed by atoms with Gasteiger partial charge in [0.2, 0.25) is 11.0 Å². The van der Waals surface area contributed by atoms with Crippen molar-refractivity contribution in [2.45, 2.75) is 39.0 Å². The van der Waals surface area contributed by atoms with Crippen molar-refractivity contribution in [3.63, 3.8) is 0 Å². The number of nitrogens with zero attached hydrogens (tertiary/aromatic N) is 2. The molecule has 0 unspecified atom stereocenters. The standard InChI is InChI=1S/C15H20N4O2S2/c1-2-3-8-13-18-19-15(23-13)17-12(20)7-4-9-16-14(21)11-6-5-10-22-11/h5-6,10H,2-4,7-9H2,1H3,(H,16,21)(H,17,19,20).